The molecule has 0 aromatic carbocycles. The molecule has 27 heteroatoms. The Labute approximate surface area is 604 Å². The van der Waals surface area contributed by atoms with Crippen LogP contribution < -0.4 is 16.0 Å². The molecule has 14 atom stereocenters. The number of Topliss-reactive ketones (excluding diaryl/α,β-unsaturated/α-hetero) is 2. The Hall–Kier alpha value is -6.32. The van der Waals surface area contributed by atoms with Gasteiger partial charge in [0, 0.05) is 100 Å². The zero-order valence-corrected chi connectivity index (χ0v) is 66.1. The van der Waals surface area contributed by atoms with Crippen LogP contribution in [0.5, 0.6) is 0 Å². The van der Waals surface area contributed by atoms with Crippen molar-refractivity contribution >= 4 is 70.8 Å². The Kier molecular flexibility index (Phi) is 39.3. The number of unbranched alkanes of at least 4 members (excludes halogenated alkanes) is 3. The third-order valence-corrected chi connectivity index (χ3v) is 20.2. The number of likely N-dealkylation sites (N-methyl/N-ethyl adjacent to an activating group) is 6. The minimum Gasteiger partial charge on any atom is -0.453 e. The zero-order chi connectivity index (χ0) is 77.2. The van der Waals surface area contributed by atoms with Crippen molar-refractivity contribution in [3.05, 3.63) is 0 Å². The summed E-state index contributed by atoms with van der Waals surface area (Å²) >= 11 is 0. The first-order valence-electron chi connectivity index (χ1n) is 37.0. The summed E-state index contributed by atoms with van der Waals surface area (Å²) < 4.78 is 16.7. The maximum atomic E-state index is 15.2. The van der Waals surface area contributed by atoms with E-state index in [0.29, 0.717) is 51.9 Å². The molecule has 2 saturated heterocycles. The van der Waals surface area contributed by atoms with E-state index in [9.17, 15) is 29.1 Å². The van der Waals surface area contributed by atoms with Crippen LogP contribution in [0.4, 0.5) is 4.79 Å². The van der Waals surface area contributed by atoms with Crippen LogP contribution in [0, 0.1) is 47.3 Å². The van der Waals surface area contributed by atoms with E-state index in [1.807, 2.05) is 41.5 Å². The van der Waals surface area contributed by atoms with Gasteiger partial charge in [0.15, 0.2) is 11.6 Å². The van der Waals surface area contributed by atoms with E-state index in [1.54, 1.807) is 62.4 Å². The quantitative estimate of drug-likeness (QED) is 0.0896. The first-order chi connectivity index (χ1) is 47.1. The number of morpholine rings is 1. The molecule has 2 aliphatic rings. The highest BCUT2D eigenvalue weighted by Crippen LogP contribution is 2.28. The van der Waals surface area contributed by atoms with E-state index in [2.05, 4.69) is 20.9 Å². The molecule has 0 aromatic heterocycles. The maximum Gasteiger partial charge on any atom is 0.409 e. The molecule has 0 unspecified atom stereocenters. The summed E-state index contributed by atoms with van der Waals surface area (Å²) in [6.07, 6.45) is 0.305. The lowest BCUT2D eigenvalue weighted by Gasteiger charge is -2.40. The molecule has 4 N–H and O–H groups in total. The molecule has 0 saturated carbocycles. The number of rotatable bonds is 24. The number of carbonyl (C=O) groups excluding carboxylic acids is 12. The summed E-state index contributed by atoms with van der Waals surface area (Å²) in [6, 6.07) is -11.5. The SMILES string of the molecule is CC[C@@H]1NC(=O)[C@H]([C@H](O)[C@H](C)CCCCCN(C)C(=O)OC)NC(=O)[C@H](C(C)C)N(C)C(=O)[C@H](CC(C)C)N(C)C(=O)[C@H](CC(C)C)N(C)C(=O)[C@@H](C)NC(=O)[C@H](C)CC(=O)[C@H](CC(C)C)N(C)C(=O)[C@H](C(C)C)CC(=O)[C@H]([C@@H](C)OCCCCN2CCOCC2)N(C)C(=O)[C@@H](C)N(C)C1=O. The Morgan fingerprint density at radius 3 is 1.61 bits per heavy atom. The van der Waals surface area contributed by atoms with Gasteiger partial charge in [0.25, 0.3) is 0 Å². The summed E-state index contributed by atoms with van der Waals surface area (Å²) in [7, 11) is 11.6. The Bertz CT molecular complexity index is 2710. The number of carbonyl (C=O) groups is 12. The van der Waals surface area contributed by atoms with Gasteiger partial charge in [0.1, 0.15) is 48.3 Å². The second-order valence-corrected chi connectivity index (χ2v) is 30.7. The van der Waals surface area contributed by atoms with Gasteiger partial charge in [-0.05, 0) is 114 Å². The van der Waals surface area contributed by atoms with Crippen LogP contribution >= 0.6 is 0 Å². The predicted octanol–water partition coefficient (Wildman–Crippen LogP) is 5.26. The van der Waals surface area contributed by atoms with E-state index in [0.717, 1.165) is 31.0 Å². The molecule has 27 nitrogen and oxygen atoms in total. The lowest BCUT2D eigenvalue weighted by molar-refractivity contribution is -0.154. The summed E-state index contributed by atoms with van der Waals surface area (Å²) in [5.74, 6) is -11.3. The largest absolute Gasteiger partial charge is 0.453 e. The summed E-state index contributed by atoms with van der Waals surface area (Å²) in [4.78, 5) is 187. The molecule has 2 heterocycles. The number of hydrogen-bond donors (Lipinski definition) is 4. The molecule has 0 bridgehead atoms. The van der Waals surface area contributed by atoms with E-state index in [4.69, 9.17) is 14.2 Å². The van der Waals surface area contributed by atoms with Gasteiger partial charge in [-0.15, -0.1) is 0 Å². The fourth-order valence-electron chi connectivity index (χ4n) is 13.5. The van der Waals surface area contributed by atoms with Crippen molar-refractivity contribution in [2.75, 3.05) is 102 Å². The number of amides is 10. The molecule has 0 spiro atoms. The molecule has 0 radical (unpaired) electrons. The highest BCUT2D eigenvalue weighted by Gasteiger charge is 2.45. The van der Waals surface area contributed by atoms with Crippen LogP contribution in [0.1, 0.15) is 188 Å². The average Bonchev–Trinajstić information content (AvgIpc) is 0.817. The fraction of sp³-hybridized carbons (Fsp3) is 0.838. The number of ketones is 2. The predicted molar refractivity (Wildman–Crippen MR) is 387 cm³/mol. The number of aliphatic hydroxyl groups is 1. The maximum absolute atomic E-state index is 15.2. The van der Waals surface area contributed by atoms with Gasteiger partial charge in [0.2, 0.25) is 53.2 Å². The zero-order valence-electron chi connectivity index (χ0n) is 66.1. The number of ether oxygens (including phenoxy) is 3. The van der Waals surface area contributed by atoms with Gasteiger partial charge < -0.3 is 69.6 Å². The van der Waals surface area contributed by atoms with Gasteiger partial charge in [0.05, 0.1) is 38.6 Å². The van der Waals surface area contributed by atoms with Crippen molar-refractivity contribution in [1.82, 2.24) is 55.1 Å². The van der Waals surface area contributed by atoms with Crippen molar-refractivity contribution in [2.24, 2.45) is 47.3 Å². The molecule has 2 fully saturated rings. The smallest absolute Gasteiger partial charge is 0.409 e. The monoisotopic (exact) mass is 1430 g/mol. The average molecular weight is 1430 g/mol. The Balaban J connectivity index is 2.99. The van der Waals surface area contributed by atoms with Crippen molar-refractivity contribution < 1.29 is 76.9 Å². The van der Waals surface area contributed by atoms with Crippen molar-refractivity contribution in [3.63, 3.8) is 0 Å². The first-order valence-corrected chi connectivity index (χ1v) is 37.0. The van der Waals surface area contributed by atoms with E-state index >= 15 is 33.6 Å². The molecule has 0 aliphatic carbocycles. The van der Waals surface area contributed by atoms with Crippen LogP contribution in [0.25, 0.3) is 0 Å². The van der Waals surface area contributed by atoms with Crippen molar-refractivity contribution in [2.45, 2.75) is 254 Å². The molecule has 10 amide bonds. The molecule has 580 valence electrons. The molecule has 2 aliphatic heterocycles. The molecule has 101 heavy (non-hydrogen) atoms. The standard InChI is InChI=1S/C74H133N11O16/c1-25-55-71(95)79(18)52(15)69(93)84(23)63(53(16)101-36-30-29-33-85-34-37-100-38-35-85)60(87)43-54(47(8)9)70(94)80(19)56(39-44(2)3)59(86)42-50(13)65(89)75-51(14)68(92)81(20)57(40-45(4)5)72(96)82(21)58(41-46(6)7)73(97)83(22)62(48(10)11)67(91)77-61(66(90)76-55)64(88)49(12)31-27-26-28-32-78(17)74(98)99-24/h44-58,61-64,88H,25-43H2,1-24H3,(H,75,89)(H,76,90)(H,77,91)/t49-,50-,51-,52-,53-,54+,55+,56+,57+,58+,61+,62+,63+,64-/m1/s1. The first kappa shape index (κ1) is 90.8. The van der Waals surface area contributed by atoms with Gasteiger partial charge in [-0.3, -0.25) is 57.6 Å². The topological polar surface area (TPSA) is 315 Å². The summed E-state index contributed by atoms with van der Waals surface area (Å²) in [6.45, 7) is 32.2. The minimum atomic E-state index is -1.73. The molecular weight excluding hydrogens is 1300 g/mol. The fourth-order valence-corrected chi connectivity index (χ4v) is 13.5. The van der Waals surface area contributed by atoms with Crippen LogP contribution in [0.3, 0.4) is 0 Å². The minimum absolute atomic E-state index is 0.0252. The lowest BCUT2D eigenvalue weighted by atomic mass is 9.85. The highest BCUT2D eigenvalue weighted by molar-refractivity contribution is 6.00. The van der Waals surface area contributed by atoms with E-state index < -0.39 is 167 Å². The number of methoxy groups -OCH3 is 1. The molecule has 2 rings (SSSR count). The van der Waals surface area contributed by atoms with Gasteiger partial charge in [-0.2, -0.15) is 0 Å². The van der Waals surface area contributed by atoms with Crippen LogP contribution in [0.2, 0.25) is 0 Å². The Morgan fingerprint density at radius 2 is 1.09 bits per heavy atom. The second-order valence-electron chi connectivity index (χ2n) is 30.7. The number of nitrogens with one attached hydrogen (secondary N) is 3. The molecule has 0 aromatic rings. The van der Waals surface area contributed by atoms with Crippen molar-refractivity contribution in [1.29, 1.82) is 0 Å². The lowest BCUT2D eigenvalue weighted by Crippen LogP contribution is -2.63. The van der Waals surface area contributed by atoms with Crippen molar-refractivity contribution in [3.8, 4) is 0 Å². The van der Waals surface area contributed by atoms with Crippen LogP contribution in [-0.4, -0.2) is 284 Å². The number of nitrogens with zero attached hydrogens (tertiary/aromatic N) is 8. The third-order valence-electron chi connectivity index (χ3n) is 20.2. The van der Waals surface area contributed by atoms with E-state index in [1.165, 1.54) is 92.6 Å². The van der Waals surface area contributed by atoms with Gasteiger partial charge >= 0.3 is 6.09 Å². The van der Waals surface area contributed by atoms with E-state index in [-0.39, 0.29) is 62.9 Å². The molecular formula is C74H133N11O16. The Morgan fingerprint density at radius 1 is 0.564 bits per heavy atom. The third kappa shape index (κ3) is 27.3. The highest BCUT2D eigenvalue weighted by atomic mass is 16.5. The summed E-state index contributed by atoms with van der Waals surface area (Å²) in [5, 5.41) is 20.6. The van der Waals surface area contributed by atoms with Crippen LogP contribution in [-0.2, 0) is 67.0 Å². The van der Waals surface area contributed by atoms with Gasteiger partial charge in [-0.25, -0.2) is 4.79 Å². The van der Waals surface area contributed by atoms with Crippen LogP contribution in [0.15, 0.2) is 0 Å². The number of aliphatic hydroxyl groups excluding tert-OH is 1. The summed E-state index contributed by atoms with van der Waals surface area (Å²) in [5.41, 5.74) is 0. The number of hydrogen-bond acceptors (Lipinski definition) is 17. The second kappa shape index (κ2) is 43.7. The van der Waals surface area contributed by atoms with Gasteiger partial charge in [-0.1, -0.05) is 103 Å². The normalized spacial score (nSPS) is 26.5.